The quantitative estimate of drug-likeness (QED) is 0.574. The van der Waals surface area contributed by atoms with Gasteiger partial charge in [-0.25, -0.2) is 4.79 Å². The van der Waals surface area contributed by atoms with Crippen LogP contribution < -0.4 is 5.32 Å². The van der Waals surface area contributed by atoms with E-state index in [-0.39, 0.29) is 12.6 Å². The van der Waals surface area contributed by atoms with E-state index in [2.05, 4.69) is 5.32 Å². The standard InChI is InChI=1S/C12H24N2O4/c1-3-4-7-14(8-9-15)12(18)13-6-5-10(2)11(16)17/h10,15H,3-9H2,1-2H3,(H,13,18)(H,16,17). The molecule has 0 aliphatic heterocycles. The molecule has 0 heterocycles. The van der Waals surface area contributed by atoms with Crippen LogP contribution in [0.15, 0.2) is 0 Å². The third-order valence-electron chi connectivity index (χ3n) is 2.71. The fraction of sp³-hybridized carbons (Fsp3) is 0.833. The van der Waals surface area contributed by atoms with Crippen molar-refractivity contribution in [2.45, 2.75) is 33.1 Å². The van der Waals surface area contributed by atoms with Crippen molar-refractivity contribution in [3.05, 3.63) is 0 Å². The molecule has 0 aromatic carbocycles. The van der Waals surface area contributed by atoms with E-state index in [1.54, 1.807) is 11.8 Å². The number of rotatable bonds is 9. The molecule has 0 saturated carbocycles. The number of amides is 2. The Hall–Kier alpha value is -1.30. The van der Waals surface area contributed by atoms with E-state index in [0.29, 0.717) is 26.1 Å². The summed E-state index contributed by atoms with van der Waals surface area (Å²) in [6.07, 6.45) is 2.27. The first-order valence-corrected chi connectivity index (χ1v) is 6.39. The van der Waals surface area contributed by atoms with Crippen LogP contribution >= 0.6 is 0 Å². The molecule has 0 saturated heterocycles. The van der Waals surface area contributed by atoms with Crippen LogP contribution in [0.2, 0.25) is 0 Å². The van der Waals surface area contributed by atoms with Gasteiger partial charge in [0.25, 0.3) is 0 Å². The van der Waals surface area contributed by atoms with Gasteiger partial charge in [0.1, 0.15) is 0 Å². The van der Waals surface area contributed by atoms with Gasteiger partial charge >= 0.3 is 12.0 Å². The van der Waals surface area contributed by atoms with Crippen LogP contribution in [0.1, 0.15) is 33.1 Å². The van der Waals surface area contributed by atoms with Gasteiger partial charge in [-0.3, -0.25) is 4.79 Å². The van der Waals surface area contributed by atoms with E-state index >= 15 is 0 Å². The second-order valence-corrected chi connectivity index (χ2v) is 4.32. The normalized spacial score (nSPS) is 11.9. The Bertz CT molecular complexity index is 258. The largest absolute Gasteiger partial charge is 0.481 e. The van der Waals surface area contributed by atoms with Gasteiger partial charge in [0.2, 0.25) is 0 Å². The maximum absolute atomic E-state index is 11.7. The van der Waals surface area contributed by atoms with Crippen molar-refractivity contribution in [2.75, 3.05) is 26.2 Å². The van der Waals surface area contributed by atoms with Gasteiger partial charge in [-0.15, -0.1) is 0 Å². The number of urea groups is 1. The third-order valence-corrected chi connectivity index (χ3v) is 2.71. The van der Waals surface area contributed by atoms with E-state index < -0.39 is 11.9 Å². The molecular formula is C12H24N2O4. The predicted octanol–water partition coefficient (Wildman–Crippen LogP) is 0.901. The number of carbonyl (C=O) groups is 2. The summed E-state index contributed by atoms with van der Waals surface area (Å²) in [5.74, 6) is -1.32. The zero-order valence-electron chi connectivity index (χ0n) is 11.2. The molecule has 1 unspecified atom stereocenters. The maximum Gasteiger partial charge on any atom is 0.317 e. The van der Waals surface area contributed by atoms with E-state index in [1.165, 1.54) is 0 Å². The van der Waals surface area contributed by atoms with Crippen LogP contribution in [-0.2, 0) is 4.79 Å². The number of hydrogen-bond acceptors (Lipinski definition) is 3. The second-order valence-electron chi connectivity index (χ2n) is 4.32. The Kier molecular flexibility index (Phi) is 9.00. The van der Waals surface area contributed by atoms with E-state index in [9.17, 15) is 9.59 Å². The third kappa shape index (κ3) is 7.11. The van der Waals surface area contributed by atoms with Gasteiger partial charge in [0.15, 0.2) is 0 Å². The molecule has 6 heteroatoms. The highest BCUT2D eigenvalue weighted by molar-refractivity contribution is 5.74. The average molecular weight is 260 g/mol. The molecule has 1 atom stereocenters. The first kappa shape index (κ1) is 16.7. The highest BCUT2D eigenvalue weighted by atomic mass is 16.4. The summed E-state index contributed by atoms with van der Waals surface area (Å²) in [6, 6.07) is -0.241. The minimum absolute atomic E-state index is 0.0668. The Balaban J connectivity index is 3.97. The zero-order chi connectivity index (χ0) is 14.0. The van der Waals surface area contributed by atoms with Gasteiger partial charge in [-0.05, 0) is 12.8 Å². The number of carboxylic acids is 1. The number of aliphatic carboxylic acids is 1. The van der Waals surface area contributed by atoms with Gasteiger partial charge in [-0.1, -0.05) is 20.3 Å². The van der Waals surface area contributed by atoms with Crippen molar-refractivity contribution < 1.29 is 19.8 Å². The minimum Gasteiger partial charge on any atom is -0.481 e. The summed E-state index contributed by atoms with van der Waals surface area (Å²) >= 11 is 0. The van der Waals surface area contributed by atoms with Crippen LogP contribution in [0.4, 0.5) is 4.79 Å². The van der Waals surface area contributed by atoms with Gasteiger partial charge in [0.05, 0.1) is 12.5 Å². The lowest BCUT2D eigenvalue weighted by atomic mass is 10.1. The number of nitrogens with one attached hydrogen (secondary N) is 1. The molecule has 0 radical (unpaired) electrons. The van der Waals surface area contributed by atoms with Crippen molar-refractivity contribution in [3.8, 4) is 0 Å². The lowest BCUT2D eigenvalue weighted by Crippen LogP contribution is -2.42. The second kappa shape index (κ2) is 9.70. The van der Waals surface area contributed by atoms with Gasteiger partial charge in [-0.2, -0.15) is 0 Å². The molecule has 0 fully saturated rings. The van der Waals surface area contributed by atoms with Crippen molar-refractivity contribution in [1.29, 1.82) is 0 Å². The van der Waals surface area contributed by atoms with Crippen LogP contribution in [0, 0.1) is 5.92 Å². The molecule has 3 N–H and O–H groups in total. The number of carboxylic acid groups (broad SMARTS) is 1. The maximum atomic E-state index is 11.7. The van der Waals surface area contributed by atoms with Crippen LogP contribution in [0.5, 0.6) is 0 Å². The summed E-state index contributed by atoms with van der Waals surface area (Å²) < 4.78 is 0. The smallest absolute Gasteiger partial charge is 0.317 e. The molecule has 6 nitrogen and oxygen atoms in total. The van der Waals surface area contributed by atoms with Crippen molar-refractivity contribution in [3.63, 3.8) is 0 Å². The first-order valence-electron chi connectivity index (χ1n) is 6.39. The molecule has 0 aliphatic rings. The van der Waals surface area contributed by atoms with Gasteiger partial charge < -0.3 is 20.4 Å². The number of nitrogens with zero attached hydrogens (tertiary/aromatic N) is 1. The topological polar surface area (TPSA) is 89.9 Å². The zero-order valence-corrected chi connectivity index (χ0v) is 11.2. The Labute approximate surface area is 108 Å². The number of unbranched alkanes of at least 4 members (excludes halogenated alkanes) is 1. The molecule has 0 aromatic heterocycles. The minimum atomic E-state index is -0.859. The molecule has 18 heavy (non-hydrogen) atoms. The fourth-order valence-electron chi connectivity index (χ4n) is 1.42. The van der Waals surface area contributed by atoms with Gasteiger partial charge in [0, 0.05) is 19.6 Å². The molecule has 0 bridgehead atoms. The predicted molar refractivity (Wildman–Crippen MR) is 68.4 cm³/mol. The van der Waals surface area contributed by atoms with Crippen LogP contribution in [0.3, 0.4) is 0 Å². The fourth-order valence-corrected chi connectivity index (χ4v) is 1.42. The molecular weight excluding hydrogens is 236 g/mol. The molecule has 0 rings (SSSR count). The molecule has 106 valence electrons. The molecule has 0 aliphatic carbocycles. The average Bonchev–Trinajstić information content (AvgIpc) is 2.33. The van der Waals surface area contributed by atoms with Crippen molar-refractivity contribution >= 4 is 12.0 Å². The van der Waals surface area contributed by atoms with E-state index in [1.807, 2.05) is 6.92 Å². The summed E-state index contributed by atoms with van der Waals surface area (Å²) in [4.78, 5) is 23.9. The SMILES string of the molecule is CCCCN(CCO)C(=O)NCCC(C)C(=O)O. The monoisotopic (exact) mass is 260 g/mol. The number of carbonyl (C=O) groups excluding carboxylic acids is 1. The van der Waals surface area contributed by atoms with E-state index in [4.69, 9.17) is 10.2 Å². The number of hydrogen-bond donors (Lipinski definition) is 3. The lowest BCUT2D eigenvalue weighted by molar-refractivity contribution is -0.141. The highest BCUT2D eigenvalue weighted by Gasteiger charge is 2.14. The molecule has 0 aromatic rings. The highest BCUT2D eigenvalue weighted by Crippen LogP contribution is 2.01. The summed E-state index contributed by atoms with van der Waals surface area (Å²) in [6.45, 7) is 4.82. The van der Waals surface area contributed by atoms with Crippen LogP contribution in [0.25, 0.3) is 0 Å². The molecule has 0 spiro atoms. The Morgan fingerprint density at radius 3 is 2.50 bits per heavy atom. The summed E-state index contributed by atoms with van der Waals surface area (Å²) in [7, 11) is 0. The van der Waals surface area contributed by atoms with Crippen molar-refractivity contribution in [1.82, 2.24) is 10.2 Å². The first-order chi connectivity index (χ1) is 8.52. The van der Waals surface area contributed by atoms with E-state index in [0.717, 1.165) is 12.8 Å². The lowest BCUT2D eigenvalue weighted by Gasteiger charge is -2.22. The Morgan fingerprint density at radius 2 is 2.00 bits per heavy atom. The van der Waals surface area contributed by atoms with Crippen LogP contribution in [-0.4, -0.2) is 53.4 Å². The molecule has 2 amide bonds. The number of aliphatic hydroxyl groups excluding tert-OH is 1. The summed E-state index contributed by atoms with van der Waals surface area (Å²) in [5.41, 5.74) is 0. The Morgan fingerprint density at radius 1 is 1.33 bits per heavy atom. The van der Waals surface area contributed by atoms with Crippen molar-refractivity contribution in [2.24, 2.45) is 5.92 Å². The summed E-state index contributed by atoms with van der Waals surface area (Å²) in [5, 5.41) is 20.2. The number of aliphatic hydroxyl groups is 1.